The van der Waals surface area contributed by atoms with Crippen molar-refractivity contribution in [2.75, 3.05) is 0 Å². The summed E-state index contributed by atoms with van der Waals surface area (Å²) in [5, 5.41) is 2.54. The summed E-state index contributed by atoms with van der Waals surface area (Å²) >= 11 is 3.29. The molecule has 0 spiro atoms. The van der Waals surface area contributed by atoms with Gasteiger partial charge in [0.15, 0.2) is 0 Å². The lowest BCUT2D eigenvalue weighted by atomic mass is 10.1. The Morgan fingerprint density at radius 3 is 2.38 bits per heavy atom. The first-order chi connectivity index (χ1) is 10.1. The Morgan fingerprint density at radius 1 is 1.05 bits per heavy atom. The summed E-state index contributed by atoms with van der Waals surface area (Å²) in [5.41, 5.74) is 6.57. The Labute approximate surface area is 130 Å². The molecule has 21 heavy (non-hydrogen) atoms. The van der Waals surface area contributed by atoms with E-state index in [-0.39, 0.29) is 5.70 Å². The number of primary amides is 1. The van der Waals surface area contributed by atoms with E-state index in [4.69, 9.17) is 5.73 Å². The minimum Gasteiger partial charge on any atom is -0.364 e. The number of amides is 2. The third-order valence-electron chi connectivity index (χ3n) is 2.71. The summed E-state index contributed by atoms with van der Waals surface area (Å²) in [6.07, 6.45) is 1.54. The standard InChI is InChI=1S/C16H13BrN2O2/c17-13-8-4-7-12(10-13)16(21)19-14(15(18)20)9-11-5-2-1-3-6-11/h1-10H,(H2,18,20)(H,19,21). The van der Waals surface area contributed by atoms with Crippen molar-refractivity contribution >= 4 is 33.8 Å². The van der Waals surface area contributed by atoms with Crippen molar-refractivity contribution in [1.29, 1.82) is 0 Å². The van der Waals surface area contributed by atoms with Crippen LogP contribution in [0.25, 0.3) is 6.08 Å². The fourth-order valence-electron chi connectivity index (χ4n) is 1.71. The van der Waals surface area contributed by atoms with Gasteiger partial charge in [0.2, 0.25) is 0 Å². The maximum absolute atomic E-state index is 12.1. The Balaban J connectivity index is 2.23. The van der Waals surface area contributed by atoms with E-state index in [1.54, 1.807) is 18.2 Å². The van der Waals surface area contributed by atoms with Gasteiger partial charge in [-0.1, -0.05) is 52.3 Å². The highest BCUT2D eigenvalue weighted by Crippen LogP contribution is 2.12. The van der Waals surface area contributed by atoms with Crippen LogP contribution in [0.4, 0.5) is 0 Å². The van der Waals surface area contributed by atoms with Crippen molar-refractivity contribution in [3.05, 3.63) is 75.9 Å². The number of hydrogen-bond acceptors (Lipinski definition) is 2. The van der Waals surface area contributed by atoms with Crippen LogP contribution < -0.4 is 11.1 Å². The van der Waals surface area contributed by atoms with E-state index in [0.717, 1.165) is 10.0 Å². The highest BCUT2D eigenvalue weighted by Gasteiger charge is 2.12. The van der Waals surface area contributed by atoms with E-state index in [1.165, 1.54) is 6.08 Å². The van der Waals surface area contributed by atoms with Crippen LogP contribution in [0.2, 0.25) is 0 Å². The lowest BCUT2D eigenvalue weighted by Gasteiger charge is -2.07. The molecule has 2 aromatic rings. The summed E-state index contributed by atoms with van der Waals surface area (Å²) in [7, 11) is 0. The molecular formula is C16H13BrN2O2. The Morgan fingerprint density at radius 2 is 1.76 bits per heavy atom. The number of halogens is 1. The minimum absolute atomic E-state index is 0.0474. The van der Waals surface area contributed by atoms with Gasteiger partial charge in [-0.25, -0.2) is 0 Å². The van der Waals surface area contributed by atoms with Crippen LogP contribution in [0.15, 0.2) is 64.8 Å². The first kappa shape index (κ1) is 15.0. The molecule has 0 saturated carbocycles. The SMILES string of the molecule is NC(=O)C(=Cc1ccccc1)NC(=O)c1cccc(Br)c1. The molecule has 3 N–H and O–H groups in total. The van der Waals surface area contributed by atoms with Crippen LogP contribution >= 0.6 is 15.9 Å². The number of nitrogens with one attached hydrogen (secondary N) is 1. The van der Waals surface area contributed by atoms with Gasteiger partial charge in [-0.2, -0.15) is 0 Å². The topological polar surface area (TPSA) is 72.2 Å². The maximum Gasteiger partial charge on any atom is 0.265 e. The second-order valence-electron chi connectivity index (χ2n) is 4.30. The van der Waals surface area contributed by atoms with Crippen molar-refractivity contribution < 1.29 is 9.59 Å². The second-order valence-corrected chi connectivity index (χ2v) is 5.21. The molecular weight excluding hydrogens is 332 g/mol. The number of benzene rings is 2. The van der Waals surface area contributed by atoms with E-state index < -0.39 is 11.8 Å². The molecule has 2 rings (SSSR count). The molecule has 0 unspecified atom stereocenters. The smallest absolute Gasteiger partial charge is 0.265 e. The minimum atomic E-state index is -0.692. The average molecular weight is 345 g/mol. The fourth-order valence-corrected chi connectivity index (χ4v) is 2.11. The van der Waals surface area contributed by atoms with Crippen molar-refractivity contribution in [2.24, 2.45) is 5.73 Å². The molecule has 0 aliphatic heterocycles. The number of carbonyl (C=O) groups is 2. The van der Waals surface area contributed by atoms with E-state index in [1.807, 2.05) is 36.4 Å². The molecule has 4 nitrogen and oxygen atoms in total. The maximum atomic E-state index is 12.1. The largest absolute Gasteiger partial charge is 0.364 e. The van der Waals surface area contributed by atoms with Crippen molar-refractivity contribution in [3.63, 3.8) is 0 Å². The number of nitrogens with two attached hydrogens (primary N) is 1. The third kappa shape index (κ3) is 4.29. The van der Waals surface area contributed by atoms with Gasteiger partial charge < -0.3 is 11.1 Å². The number of carbonyl (C=O) groups excluding carboxylic acids is 2. The van der Waals surface area contributed by atoms with E-state index >= 15 is 0 Å². The molecule has 2 amide bonds. The van der Waals surface area contributed by atoms with Gasteiger partial charge >= 0.3 is 0 Å². The molecule has 106 valence electrons. The Bertz CT molecular complexity index is 696. The molecule has 5 heteroatoms. The summed E-state index contributed by atoms with van der Waals surface area (Å²) in [6.45, 7) is 0. The first-order valence-corrected chi connectivity index (χ1v) is 6.99. The monoisotopic (exact) mass is 344 g/mol. The summed E-state index contributed by atoms with van der Waals surface area (Å²) in [4.78, 5) is 23.6. The van der Waals surface area contributed by atoms with Gasteiger partial charge in [-0.3, -0.25) is 9.59 Å². The number of hydrogen-bond donors (Lipinski definition) is 2. The molecule has 0 heterocycles. The average Bonchev–Trinajstić information content (AvgIpc) is 2.47. The molecule has 0 saturated heterocycles. The van der Waals surface area contributed by atoms with Crippen LogP contribution in [0.1, 0.15) is 15.9 Å². The second kappa shape index (κ2) is 6.85. The number of rotatable bonds is 4. The molecule has 0 bridgehead atoms. The zero-order valence-corrected chi connectivity index (χ0v) is 12.6. The van der Waals surface area contributed by atoms with Crippen molar-refractivity contribution in [2.45, 2.75) is 0 Å². The van der Waals surface area contributed by atoms with Gasteiger partial charge in [-0.15, -0.1) is 0 Å². The zero-order chi connectivity index (χ0) is 15.2. The molecule has 0 atom stereocenters. The van der Waals surface area contributed by atoms with Crippen molar-refractivity contribution in [1.82, 2.24) is 5.32 Å². The molecule has 0 aromatic heterocycles. The van der Waals surface area contributed by atoms with Gasteiger partial charge in [0.25, 0.3) is 11.8 Å². The van der Waals surface area contributed by atoms with Crippen LogP contribution in [0.3, 0.4) is 0 Å². The van der Waals surface area contributed by atoms with Crippen LogP contribution in [0, 0.1) is 0 Å². The lowest BCUT2D eigenvalue weighted by molar-refractivity contribution is -0.114. The lowest BCUT2D eigenvalue weighted by Crippen LogP contribution is -2.31. The van der Waals surface area contributed by atoms with Crippen LogP contribution in [0.5, 0.6) is 0 Å². The van der Waals surface area contributed by atoms with Gasteiger partial charge in [0.05, 0.1) is 0 Å². The Hall–Kier alpha value is -2.40. The molecule has 0 aliphatic carbocycles. The van der Waals surface area contributed by atoms with Gasteiger partial charge in [0.1, 0.15) is 5.70 Å². The van der Waals surface area contributed by atoms with Crippen molar-refractivity contribution in [3.8, 4) is 0 Å². The summed E-state index contributed by atoms with van der Waals surface area (Å²) in [5.74, 6) is -1.08. The van der Waals surface area contributed by atoms with Crippen LogP contribution in [-0.4, -0.2) is 11.8 Å². The normalized spacial score (nSPS) is 11.0. The van der Waals surface area contributed by atoms with Gasteiger partial charge in [0, 0.05) is 10.0 Å². The first-order valence-electron chi connectivity index (χ1n) is 6.20. The highest BCUT2D eigenvalue weighted by atomic mass is 79.9. The Kier molecular flexibility index (Phi) is 4.90. The highest BCUT2D eigenvalue weighted by molar-refractivity contribution is 9.10. The third-order valence-corrected chi connectivity index (χ3v) is 3.20. The summed E-state index contributed by atoms with van der Waals surface area (Å²) < 4.78 is 0.780. The summed E-state index contributed by atoms with van der Waals surface area (Å²) in [6, 6.07) is 16.0. The van der Waals surface area contributed by atoms with E-state index in [0.29, 0.717) is 5.56 Å². The molecule has 0 radical (unpaired) electrons. The predicted molar refractivity (Wildman–Crippen MR) is 85.2 cm³/mol. The molecule has 0 aliphatic rings. The molecule has 2 aromatic carbocycles. The molecule has 0 fully saturated rings. The van der Waals surface area contributed by atoms with E-state index in [2.05, 4.69) is 21.2 Å². The zero-order valence-electron chi connectivity index (χ0n) is 11.0. The van der Waals surface area contributed by atoms with Gasteiger partial charge in [-0.05, 0) is 29.8 Å². The van der Waals surface area contributed by atoms with Crippen LogP contribution in [-0.2, 0) is 4.79 Å². The fraction of sp³-hybridized carbons (Fsp3) is 0. The quantitative estimate of drug-likeness (QED) is 0.837. The van der Waals surface area contributed by atoms with E-state index in [9.17, 15) is 9.59 Å². The predicted octanol–water partition coefficient (Wildman–Crippen LogP) is 2.71.